The molecule has 0 fully saturated rings. The molecule has 1 heterocycles. The smallest absolute Gasteiger partial charge is 0.261 e. The Morgan fingerprint density at radius 3 is 2.07 bits per heavy atom. The third-order valence-corrected chi connectivity index (χ3v) is 6.68. The predicted molar refractivity (Wildman–Crippen MR) is 113 cm³/mol. The van der Waals surface area contributed by atoms with E-state index in [1.54, 1.807) is 32.1 Å². The Kier molecular flexibility index (Phi) is 5.58. The molecule has 3 aromatic rings. The van der Waals surface area contributed by atoms with Gasteiger partial charge in [0.2, 0.25) is 0 Å². The zero-order valence-electron chi connectivity index (χ0n) is 15.7. The molecule has 3 rings (SSSR count). The molecule has 0 aliphatic rings. The summed E-state index contributed by atoms with van der Waals surface area (Å²) in [5.74, 6) is -0.346. The van der Waals surface area contributed by atoms with Gasteiger partial charge in [0.05, 0.1) is 15.5 Å². The monoisotopic (exact) mass is 428 g/mol. The van der Waals surface area contributed by atoms with Crippen molar-refractivity contribution in [2.45, 2.75) is 9.79 Å². The van der Waals surface area contributed by atoms with Crippen LogP contribution in [-0.4, -0.2) is 41.7 Å². The van der Waals surface area contributed by atoms with Crippen molar-refractivity contribution in [2.75, 3.05) is 11.0 Å². The average molecular weight is 428 g/mol. The van der Waals surface area contributed by atoms with Crippen LogP contribution in [0.2, 0.25) is 0 Å². The minimum atomic E-state index is -4.04. The second-order valence-corrected chi connectivity index (χ2v) is 10.2. The van der Waals surface area contributed by atoms with Crippen LogP contribution in [0, 0.1) is 0 Å². The van der Waals surface area contributed by atoms with Gasteiger partial charge in [-0.1, -0.05) is 17.6 Å². The molecule has 148 valence electrons. The van der Waals surface area contributed by atoms with Crippen molar-refractivity contribution in [3.8, 4) is 0 Å². The Hall–Kier alpha value is -2.98. The minimum absolute atomic E-state index is 0.0142. The van der Waals surface area contributed by atoms with Crippen LogP contribution in [0.4, 0.5) is 5.69 Å². The fourth-order valence-electron chi connectivity index (χ4n) is 2.66. The molecule has 0 atom stereocenters. The maximum atomic E-state index is 12.9. The first kappa shape index (κ1) is 20.8. The fraction of sp³-hybridized carbons (Fsp3) is 0.0526. The zero-order chi connectivity index (χ0) is 21.2. The number of rotatable bonds is 6. The molecule has 0 aliphatic heterocycles. The number of anilines is 1. The third kappa shape index (κ3) is 4.72. The van der Waals surface area contributed by atoms with Crippen LogP contribution in [0.15, 0.2) is 76.8 Å². The Morgan fingerprint density at radius 2 is 1.48 bits per heavy atom. The molecule has 0 unspecified atom stereocenters. The first-order chi connectivity index (χ1) is 13.6. The molecule has 0 bridgehead atoms. The van der Waals surface area contributed by atoms with E-state index in [0.717, 1.165) is 11.7 Å². The van der Waals surface area contributed by atoms with E-state index in [4.69, 9.17) is 0 Å². The first-order valence-corrected chi connectivity index (χ1v) is 11.8. The Bertz CT molecular complexity index is 1270. The van der Waals surface area contributed by atoms with Crippen LogP contribution in [0.1, 0.15) is 15.9 Å². The Labute approximate surface area is 170 Å². The van der Waals surface area contributed by atoms with Gasteiger partial charge < -0.3 is 0 Å². The average Bonchev–Trinajstić information content (AvgIpc) is 2.69. The van der Waals surface area contributed by atoms with Gasteiger partial charge in [-0.3, -0.25) is 14.5 Å². The maximum Gasteiger partial charge on any atom is 0.261 e. The number of nitrogens with zero attached hydrogens (tertiary/aromatic N) is 1. The molecule has 29 heavy (non-hydrogen) atoms. The molecule has 7 nitrogen and oxygen atoms in total. The van der Waals surface area contributed by atoms with Crippen molar-refractivity contribution in [3.63, 3.8) is 0 Å². The molecule has 10 heteroatoms. The minimum Gasteiger partial charge on any atom is -0.289 e. The van der Waals surface area contributed by atoms with Gasteiger partial charge in [0.1, 0.15) is 7.85 Å². The molecular weight excluding hydrogens is 411 g/mol. The first-order valence-electron chi connectivity index (χ1n) is 8.46. The topological polar surface area (TPSA) is 110 Å². The van der Waals surface area contributed by atoms with Crippen molar-refractivity contribution in [1.82, 2.24) is 4.98 Å². The van der Waals surface area contributed by atoms with E-state index in [2.05, 4.69) is 9.71 Å². The van der Waals surface area contributed by atoms with Crippen molar-refractivity contribution in [1.29, 1.82) is 0 Å². The summed E-state index contributed by atoms with van der Waals surface area (Å²) in [6.45, 7) is 0. The van der Waals surface area contributed by atoms with E-state index in [-0.39, 0.29) is 26.8 Å². The number of carbonyl (C=O) groups is 1. The lowest BCUT2D eigenvalue weighted by Gasteiger charge is -2.13. The summed E-state index contributed by atoms with van der Waals surface area (Å²) in [5, 5.41) is 0. The molecule has 0 aliphatic carbocycles. The number of hydrogen-bond acceptors (Lipinski definition) is 6. The van der Waals surface area contributed by atoms with E-state index < -0.39 is 19.9 Å². The third-order valence-electron chi connectivity index (χ3n) is 4.17. The van der Waals surface area contributed by atoms with Gasteiger partial charge in [0, 0.05) is 29.8 Å². The normalized spacial score (nSPS) is 11.8. The number of carbonyl (C=O) groups excluding carboxylic acids is 1. The van der Waals surface area contributed by atoms with Crippen LogP contribution in [0.5, 0.6) is 0 Å². The van der Waals surface area contributed by atoms with Crippen molar-refractivity contribution < 1.29 is 21.6 Å². The molecule has 2 aromatic carbocycles. The quantitative estimate of drug-likeness (QED) is 0.459. The number of ketones is 1. The van der Waals surface area contributed by atoms with Crippen LogP contribution >= 0.6 is 0 Å². The van der Waals surface area contributed by atoms with E-state index in [1.165, 1.54) is 42.7 Å². The lowest BCUT2D eigenvalue weighted by atomic mass is 9.91. The number of sulfonamides is 1. The predicted octanol–water partition coefficient (Wildman–Crippen LogP) is 0.775. The van der Waals surface area contributed by atoms with Crippen molar-refractivity contribution >= 4 is 44.6 Å². The van der Waals surface area contributed by atoms with Crippen molar-refractivity contribution in [2.24, 2.45) is 0 Å². The van der Waals surface area contributed by atoms with Crippen LogP contribution in [-0.2, 0) is 19.9 Å². The van der Waals surface area contributed by atoms with Crippen LogP contribution in [0.3, 0.4) is 0 Å². The number of hydrogen-bond donors (Lipinski definition) is 1. The van der Waals surface area contributed by atoms with E-state index >= 15 is 0 Å². The summed E-state index contributed by atoms with van der Waals surface area (Å²) in [5.41, 5.74) is 1.50. The fourth-order valence-corrected chi connectivity index (χ4v) is 4.37. The molecule has 0 spiro atoms. The highest BCUT2D eigenvalue weighted by atomic mass is 32.2. The SMILES string of the molecule is Bc1ccc(NS(=O)(=O)c2ccc(S(C)(=O)=O)cc2)c(C(=O)c2ccncc2)c1. The second-order valence-electron chi connectivity index (χ2n) is 6.46. The highest BCUT2D eigenvalue weighted by Gasteiger charge is 2.20. The van der Waals surface area contributed by atoms with E-state index in [0.29, 0.717) is 5.56 Å². The van der Waals surface area contributed by atoms with E-state index in [9.17, 15) is 21.6 Å². The highest BCUT2D eigenvalue weighted by molar-refractivity contribution is 7.92. The molecule has 1 N–H and O–H groups in total. The number of nitrogens with one attached hydrogen (secondary N) is 1. The van der Waals surface area contributed by atoms with E-state index in [1.807, 2.05) is 0 Å². The number of benzene rings is 2. The summed E-state index contributed by atoms with van der Waals surface area (Å²) < 4.78 is 51.1. The molecular formula is C19H17BN2O5S2. The van der Waals surface area contributed by atoms with Crippen molar-refractivity contribution in [3.05, 3.63) is 78.1 Å². The second kappa shape index (κ2) is 7.80. The summed E-state index contributed by atoms with van der Waals surface area (Å²) in [6, 6.07) is 12.8. The van der Waals surface area contributed by atoms with Gasteiger partial charge in [0.25, 0.3) is 10.0 Å². The summed E-state index contributed by atoms with van der Waals surface area (Å²) in [6.07, 6.45) is 4.00. The van der Waals surface area contributed by atoms with Gasteiger partial charge in [-0.25, -0.2) is 16.8 Å². The molecule has 1 aromatic heterocycles. The lowest BCUT2D eigenvalue weighted by molar-refractivity contribution is 0.103. The lowest BCUT2D eigenvalue weighted by Crippen LogP contribution is -2.18. The largest absolute Gasteiger partial charge is 0.289 e. The number of pyridine rings is 1. The van der Waals surface area contributed by atoms with Gasteiger partial charge in [-0.15, -0.1) is 0 Å². The molecule has 0 amide bonds. The van der Waals surface area contributed by atoms with Gasteiger partial charge >= 0.3 is 0 Å². The van der Waals surface area contributed by atoms with Gasteiger partial charge in [-0.2, -0.15) is 0 Å². The Morgan fingerprint density at radius 1 is 0.897 bits per heavy atom. The number of sulfone groups is 1. The van der Waals surface area contributed by atoms with Crippen LogP contribution < -0.4 is 10.2 Å². The number of aromatic nitrogens is 1. The Balaban J connectivity index is 1.98. The van der Waals surface area contributed by atoms with Gasteiger partial charge in [-0.05, 0) is 42.5 Å². The van der Waals surface area contributed by atoms with Crippen LogP contribution in [0.25, 0.3) is 0 Å². The summed E-state index contributed by atoms with van der Waals surface area (Å²) in [7, 11) is -5.68. The molecule has 0 saturated carbocycles. The standard InChI is InChI=1S/C19H17BN2O5S2/c1-28(24,25)15-3-5-16(6-4-15)29(26,27)22-18-7-2-14(20)12-17(18)19(23)13-8-10-21-11-9-13/h2-12,22H,20H2,1H3. The highest BCUT2D eigenvalue weighted by Crippen LogP contribution is 2.23. The summed E-state index contributed by atoms with van der Waals surface area (Å²) >= 11 is 0. The van der Waals surface area contributed by atoms with Gasteiger partial charge in [0.15, 0.2) is 15.6 Å². The molecule has 0 radical (unpaired) electrons. The molecule has 0 saturated heterocycles. The summed E-state index contributed by atoms with van der Waals surface area (Å²) in [4.78, 5) is 16.6. The zero-order valence-corrected chi connectivity index (χ0v) is 17.3. The maximum absolute atomic E-state index is 12.9.